The Morgan fingerprint density at radius 2 is 1.74 bits per heavy atom. The molecule has 1 fully saturated rings. The van der Waals surface area contributed by atoms with Crippen molar-refractivity contribution in [2.75, 3.05) is 37.6 Å². The number of piperazine rings is 1. The molecule has 8 heteroatoms. The molecule has 1 aromatic heterocycles. The number of alkyl halides is 3. The van der Waals surface area contributed by atoms with Crippen LogP contribution in [-0.4, -0.2) is 54.0 Å². The van der Waals surface area contributed by atoms with E-state index in [1.54, 1.807) is 6.92 Å². The molecule has 1 saturated heterocycles. The minimum absolute atomic E-state index is 0.595. The van der Waals surface area contributed by atoms with Gasteiger partial charge in [0.15, 0.2) is 0 Å². The van der Waals surface area contributed by atoms with Crippen molar-refractivity contribution in [1.29, 1.82) is 5.41 Å². The molecular weight excluding hydrogens is 403 g/mol. The Bertz CT molecular complexity index is 1020. The van der Waals surface area contributed by atoms with E-state index in [4.69, 9.17) is 5.41 Å². The van der Waals surface area contributed by atoms with Crippen LogP contribution in [0.5, 0.6) is 0 Å². The highest BCUT2D eigenvalue weighted by molar-refractivity contribution is 6.09. The molecular formula is C23H24F3N5. The van der Waals surface area contributed by atoms with E-state index in [1.807, 2.05) is 24.3 Å². The van der Waals surface area contributed by atoms with E-state index < -0.39 is 11.9 Å². The van der Waals surface area contributed by atoms with E-state index in [0.717, 1.165) is 49.2 Å². The first-order chi connectivity index (χ1) is 14.8. The molecule has 0 aliphatic carbocycles. The van der Waals surface area contributed by atoms with Crippen LogP contribution in [0.15, 0.2) is 59.4 Å². The number of allylic oxidation sites excluding steroid dienone is 1. The minimum atomic E-state index is -4.44. The smallest absolute Gasteiger partial charge is 0.370 e. The van der Waals surface area contributed by atoms with Crippen LogP contribution in [-0.2, 0) is 6.18 Å². The molecule has 0 saturated carbocycles. The van der Waals surface area contributed by atoms with Crippen LogP contribution in [0.4, 0.5) is 18.9 Å². The highest BCUT2D eigenvalue weighted by Crippen LogP contribution is 2.33. The summed E-state index contributed by atoms with van der Waals surface area (Å²) in [5, 5.41) is 7.63. The fraction of sp³-hybridized carbons (Fsp3) is 0.348. The third kappa shape index (κ3) is 4.78. The van der Waals surface area contributed by atoms with Crippen molar-refractivity contribution in [1.82, 2.24) is 9.88 Å². The van der Waals surface area contributed by atoms with Crippen molar-refractivity contribution < 1.29 is 13.2 Å². The minimum Gasteiger partial charge on any atom is -0.370 e. The van der Waals surface area contributed by atoms with E-state index >= 15 is 0 Å². The number of aromatic nitrogens is 1. The van der Waals surface area contributed by atoms with Gasteiger partial charge >= 0.3 is 6.18 Å². The number of anilines is 1. The number of aliphatic imine (C=N–C) groups is 1. The predicted octanol–water partition coefficient (Wildman–Crippen LogP) is 4.66. The van der Waals surface area contributed by atoms with Gasteiger partial charge in [0.25, 0.3) is 0 Å². The lowest BCUT2D eigenvalue weighted by Crippen LogP contribution is -2.46. The maximum atomic E-state index is 12.8. The molecule has 0 radical (unpaired) electrons. The Balaban J connectivity index is 1.46. The Kier molecular flexibility index (Phi) is 5.80. The van der Waals surface area contributed by atoms with E-state index in [1.165, 1.54) is 18.0 Å². The summed E-state index contributed by atoms with van der Waals surface area (Å²) in [4.78, 5) is 12.7. The van der Waals surface area contributed by atoms with Gasteiger partial charge in [-0.15, -0.1) is 0 Å². The highest BCUT2D eigenvalue weighted by atomic mass is 19.4. The first-order valence-corrected chi connectivity index (χ1v) is 10.2. The fourth-order valence-corrected chi connectivity index (χ4v) is 3.98. The number of hydrogen-bond donors (Lipinski definition) is 1. The fourth-order valence-electron chi connectivity index (χ4n) is 3.98. The molecule has 1 N–H and O–H groups in total. The largest absolute Gasteiger partial charge is 0.433 e. The van der Waals surface area contributed by atoms with Gasteiger partial charge in [0.05, 0.1) is 6.54 Å². The maximum Gasteiger partial charge on any atom is 0.433 e. The van der Waals surface area contributed by atoms with E-state index in [9.17, 15) is 13.2 Å². The number of halogens is 3. The van der Waals surface area contributed by atoms with Crippen molar-refractivity contribution >= 4 is 17.1 Å². The normalized spacial score (nSPS) is 16.9. The van der Waals surface area contributed by atoms with E-state index in [-0.39, 0.29) is 0 Å². The molecule has 2 aliphatic rings. The lowest BCUT2D eigenvalue weighted by Gasteiger charge is -2.38. The standard InChI is InChI=1S/C23H24F3N5/c1-16(27)12-18-13-19(15-28-18)30-8-10-31(11-9-30)21-5-3-2-4-20(21)17-6-7-22(29-14-17)23(24,25)26/h2-7,13-14,27H,8-12,15H2,1H3. The van der Waals surface area contributed by atoms with Gasteiger partial charge in [0.2, 0.25) is 0 Å². The van der Waals surface area contributed by atoms with Gasteiger partial charge in [0, 0.05) is 72.7 Å². The number of para-hydroxylation sites is 1. The van der Waals surface area contributed by atoms with Crippen molar-refractivity contribution in [2.24, 2.45) is 4.99 Å². The molecule has 0 amide bonds. The second-order valence-corrected chi connectivity index (χ2v) is 7.82. The zero-order valence-corrected chi connectivity index (χ0v) is 17.3. The summed E-state index contributed by atoms with van der Waals surface area (Å²) in [5.74, 6) is 0. The van der Waals surface area contributed by atoms with Gasteiger partial charge in [-0.05, 0) is 25.1 Å². The third-order valence-corrected chi connectivity index (χ3v) is 5.52. The third-order valence-electron chi connectivity index (χ3n) is 5.52. The van der Waals surface area contributed by atoms with Gasteiger partial charge in [-0.2, -0.15) is 13.2 Å². The van der Waals surface area contributed by atoms with E-state index in [0.29, 0.717) is 24.2 Å². The Morgan fingerprint density at radius 1 is 1.03 bits per heavy atom. The van der Waals surface area contributed by atoms with Gasteiger partial charge in [-0.25, -0.2) is 0 Å². The van der Waals surface area contributed by atoms with Crippen molar-refractivity contribution in [3.63, 3.8) is 0 Å². The molecule has 0 unspecified atom stereocenters. The van der Waals surface area contributed by atoms with Gasteiger partial charge in [-0.3, -0.25) is 9.98 Å². The molecule has 5 nitrogen and oxygen atoms in total. The number of rotatable bonds is 5. The summed E-state index contributed by atoms with van der Waals surface area (Å²) in [6.07, 6.45) is -0.455. The average molecular weight is 427 g/mol. The number of nitrogens with zero attached hydrogens (tertiary/aromatic N) is 4. The quantitative estimate of drug-likeness (QED) is 0.707. The van der Waals surface area contributed by atoms with Crippen LogP contribution in [0.3, 0.4) is 0 Å². The second-order valence-electron chi connectivity index (χ2n) is 7.82. The summed E-state index contributed by atoms with van der Waals surface area (Å²) in [6, 6.07) is 10.3. The SMILES string of the molecule is CC(=N)CC1=NCC(N2CCN(c3ccccc3-c3ccc(C(F)(F)F)nc3)CC2)=C1. The molecule has 2 aromatic rings. The monoisotopic (exact) mass is 427 g/mol. The average Bonchev–Trinajstić information content (AvgIpc) is 3.21. The number of hydrogen-bond acceptors (Lipinski definition) is 5. The first-order valence-electron chi connectivity index (χ1n) is 10.2. The molecule has 2 aliphatic heterocycles. The predicted molar refractivity (Wildman–Crippen MR) is 117 cm³/mol. The molecule has 31 heavy (non-hydrogen) atoms. The molecule has 0 bridgehead atoms. The van der Waals surface area contributed by atoms with Crippen molar-refractivity contribution in [2.45, 2.75) is 19.5 Å². The first kappa shape index (κ1) is 21.1. The summed E-state index contributed by atoms with van der Waals surface area (Å²) in [6.45, 7) is 5.76. The Hall–Kier alpha value is -3.16. The van der Waals surface area contributed by atoms with Crippen LogP contribution >= 0.6 is 0 Å². The molecule has 3 heterocycles. The number of benzene rings is 1. The lowest BCUT2D eigenvalue weighted by atomic mass is 10.0. The molecule has 4 rings (SSSR count). The Morgan fingerprint density at radius 3 is 2.39 bits per heavy atom. The summed E-state index contributed by atoms with van der Waals surface area (Å²) in [5.41, 5.74) is 4.43. The van der Waals surface area contributed by atoms with Crippen molar-refractivity contribution in [3.8, 4) is 11.1 Å². The summed E-state index contributed by atoms with van der Waals surface area (Å²) >= 11 is 0. The topological polar surface area (TPSA) is 55.6 Å². The molecule has 162 valence electrons. The molecule has 0 atom stereocenters. The van der Waals surface area contributed by atoms with Gasteiger partial charge < -0.3 is 15.2 Å². The van der Waals surface area contributed by atoms with Crippen LogP contribution in [0, 0.1) is 5.41 Å². The van der Waals surface area contributed by atoms with Crippen LogP contribution in [0.25, 0.3) is 11.1 Å². The summed E-state index contributed by atoms with van der Waals surface area (Å²) < 4.78 is 38.5. The lowest BCUT2D eigenvalue weighted by molar-refractivity contribution is -0.141. The van der Waals surface area contributed by atoms with Gasteiger partial charge in [0.1, 0.15) is 5.69 Å². The van der Waals surface area contributed by atoms with Gasteiger partial charge in [-0.1, -0.05) is 24.3 Å². The highest BCUT2D eigenvalue weighted by Gasteiger charge is 2.32. The zero-order valence-electron chi connectivity index (χ0n) is 17.3. The zero-order chi connectivity index (χ0) is 22.0. The molecule has 0 spiro atoms. The summed E-state index contributed by atoms with van der Waals surface area (Å²) in [7, 11) is 0. The van der Waals surface area contributed by atoms with Crippen LogP contribution in [0.1, 0.15) is 19.0 Å². The molecule has 1 aromatic carbocycles. The maximum absolute atomic E-state index is 12.8. The van der Waals surface area contributed by atoms with Crippen LogP contribution in [0.2, 0.25) is 0 Å². The Labute approximate surface area is 179 Å². The second kappa shape index (κ2) is 8.53. The van der Waals surface area contributed by atoms with Crippen LogP contribution < -0.4 is 4.90 Å². The van der Waals surface area contributed by atoms with Crippen molar-refractivity contribution in [3.05, 3.63) is 60.1 Å². The van der Waals surface area contributed by atoms with E-state index in [2.05, 4.69) is 25.9 Å². The number of pyridine rings is 1. The number of nitrogens with one attached hydrogen (secondary N) is 1.